The number of amides is 1. The van der Waals surface area contributed by atoms with Gasteiger partial charge in [-0.05, 0) is 49.9 Å². The lowest BCUT2D eigenvalue weighted by Crippen LogP contribution is -2.49. The van der Waals surface area contributed by atoms with Crippen LogP contribution >= 0.6 is 0 Å². The molecule has 0 radical (unpaired) electrons. The van der Waals surface area contributed by atoms with Crippen LogP contribution < -0.4 is 4.90 Å². The molecule has 2 fully saturated rings. The molecule has 3 heterocycles. The molecule has 3 aliphatic heterocycles. The van der Waals surface area contributed by atoms with Crippen molar-refractivity contribution in [1.82, 2.24) is 9.80 Å². The Morgan fingerprint density at radius 1 is 1.13 bits per heavy atom. The number of ether oxygens (including phenoxy) is 2. The molecule has 0 bridgehead atoms. The second-order valence-electron chi connectivity index (χ2n) is 9.88. The number of benzene rings is 1. The molecule has 0 N–H and O–H groups in total. The molecule has 1 aromatic rings. The fourth-order valence-electron chi connectivity index (χ4n) is 5.23. The van der Waals surface area contributed by atoms with Crippen molar-refractivity contribution in [3.05, 3.63) is 29.3 Å². The van der Waals surface area contributed by atoms with E-state index in [4.69, 9.17) is 9.47 Å². The highest BCUT2D eigenvalue weighted by atomic mass is 16.6. The number of hydrogen-bond donors (Lipinski definition) is 0. The average molecular weight is 416 g/mol. The zero-order chi connectivity index (χ0) is 21.3. The standard InChI is InChI=1S/C24H37N3O3/c1-18(2)30-23(28)27-16-19-15-21(5-6-22(19)24(3,4)17-27)25-9-7-20(8-10-25)26-11-13-29-14-12-26/h5-6,15,18,20H,7-14,16-17H2,1-4H3. The highest BCUT2D eigenvalue weighted by Crippen LogP contribution is 2.36. The molecule has 3 aliphatic rings. The summed E-state index contributed by atoms with van der Waals surface area (Å²) in [5, 5.41) is 0. The Labute approximate surface area is 181 Å². The van der Waals surface area contributed by atoms with Crippen LogP contribution in [0.25, 0.3) is 0 Å². The predicted octanol–water partition coefficient (Wildman–Crippen LogP) is 3.63. The van der Waals surface area contributed by atoms with Gasteiger partial charge in [-0.3, -0.25) is 4.90 Å². The second kappa shape index (κ2) is 8.75. The Morgan fingerprint density at radius 2 is 1.83 bits per heavy atom. The molecule has 0 spiro atoms. The Bertz CT molecular complexity index is 750. The van der Waals surface area contributed by atoms with Gasteiger partial charge in [-0.15, -0.1) is 0 Å². The van der Waals surface area contributed by atoms with Gasteiger partial charge in [0.1, 0.15) is 0 Å². The molecule has 1 aromatic carbocycles. The predicted molar refractivity (Wildman–Crippen MR) is 119 cm³/mol. The van der Waals surface area contributed by atoms with Crippen molar-refractivity contribution in [3.8, 4) is 0 Å². The highest BCUT2D eigenvalue weighted by molar-refractivity contribution is 5.69. The lowest BCUT2D eigenvalue weighted by molar-refractivity contribution is 0.0115. The third kappa shape index (κ3) is 4.59. The van der Waals surface area contributed by atoms with Crippen LogP contribution in [0.5, 0.6) is 0 Å². The molecule has 166 valence electrons. The van der Waals surface area contributed by atoms with Crippen LogP contribution in [0.3, 0.4) is 0 Å². The summed E-state index contributed by atoms with van der Waals surface area (Å²) in [5.74, 6) is 0. The Morgan fingerprint density at radius 3 is 2.50 bits per heavy atom. The molecule has 6 nitrogen and oxygen atoms in total. The van der Waals surface area contributed by atoms with Gasteiger partial charge >= 0.3 is 6.09 Å². The number of nitrogens with zero attached hydrogens (tertiary/aromatic N) is 3. The van der Waals surface area contributed by atoms with Crippen molar-refractivity contribution in [3.63, 3.8) is 0 Å². The van der Waals surface area contributed by atoms with Gasteiger partial charge in [-0.2, -0.15) is 0 Å². The van der Waals surface area contributed by atoms with Gasteiger partial charge in [-0.25, -0.2) is 4.79 Å². The topological polar surface area (TPSA) is 45.2 Å². The number of carbonyl (C=O) groups is 1. The average Bonchev–Trinajstić information content (AvgIpc) is 2.73. The van der Waals surface area contributed by atoms with E-state index in [2.05, 4.69) is 41.8 Å². The van der Waals surface area contributed by atoms with Gasteiger partial charge in [0.25, 0.3) is 0 Å². The first-order chi connectivity index (χ1) is 14.3. The molecule has 0 aromatic heterocycles. The monoisotopic (exact) mass is 415 g/mol. The van der Waals surface area contributed by atoms with E-state index in [1.807, 2.05) is 18.7 Å². The Balaban J connectivity index is 1.45. The second-order valence-corrected chi connectivity index (χ2v) is 9.88. The van der Waals surface area contributed by atoms with Crippen molar-refractivity contribution < 1.29 is 14.3 Å². The van der Waals surface area contributed by atoms with Gasteiger partial charge in [0, 0.05) is 56.4 Å². The number of piperidine rings is 1. The zero-order valence-corrected chi connectivity index (χ0v) is 19.0. The van der Waals surface area contributed by atoms with E-state index >= 15 is 0 Å². The zero-order valence-electron chi connectivity index (χ0n) is 19.0. The van der Waals surface area contributed by atoms with Crippen molar-refractivity contribution in [2.75, 3.05) is 50.8 Å². The largest absolute Gasteiger partial charge is 0.447 e. The maximum Gasteiger partial charge on any atom is 0.410 e. The van der Waals surface area contributed by atoms with Gasteiger partial charge < -0.3 is 19.3 Å². The first-order valence-electron chi connectivity index (χ1n) is 11.5. The highest BCUT2D eigenvalue weighted by Gasteiger charge is 2.35. The molecular formula is C24H37N3O3. The van der Waals surface area contributed by atoms with Crippen molar-refractivity contribution in [1.29, 1.82) is 0 Å². The molecule has 0 saturated carbocycles. The molecular weight excluding hydrogens is 378 g/mol. The van der Waals surface area contributed by atoms with Crippen LogP contribution in [0.2, 0.25) is 0 Å². The van der Waals surface area contributed by atoms with Crippen LogP contribution in [0.15, 0.2) is 18.2 Å². The smallest absolute Gasteiger partial charge is 0.410 e. The van der Waals surface area contributed by atoms with Gasteiger partial charge in [0.15, 0.2) is 0 Å². The van der Waals surface area contributed by atoms with E-state index < -0.39 is 0 Å². The van der Waals surface area contributed by atoms with Crippen molar-refractivity contribution >= 4 is 11.8 Å². The summed E-state index contributed by atoms with van der Waals surface area (Å²) in [6.45, 7) is 15.6. The fraction of sp³-hybridized carbons (Fsp3) is 0.708. The summed E-state index contributed by atoms with van der Waals surface area (Å²) < 4.78 is 11.0. The van der Waals surface area contributed by atoms with Crippen molar-refractivity contribution in [2.24, 2.45) is 0 Å². The molecule has 2 saturated heterocycles. The Kier molecular flexibility index (Phi) is 6.26. The number of fused-ring (bicyclic) bond motifs is 1. The molecule has 4 rings (SSSR count). The van der Waals surface area contributed by atoms with Gasteiger partial charge in [-0.1, -0.05) is 19.9 Å². The molecule has 6 heteroatoms. The van der Waals surface area contributed by atoms with Gasteiger partial charge in [0.05, 0.1) is 19.3 Å². The van der Waals surface area contributed by atoms with Crippen LogP contribution in [-0.4, -0.2) is 74.0 Å². The number of morpholine rings is 1. The summed E-state index contributed by atoms with van der Waals surface area (Å²) in [4.78, 5) is 19.5. The van der Waals surface area contributed by atoms with Crippen LogP contribution in [-0.2, 0) is 21.4 Å². The summed E-state index contributed by atoms with van der Waals surface area (Å²) in [5.41, 5.74) is 3.80. The van der Waals surface area contributed by atoms with Crippen LogP contribution in [0.1, 0.15) is 51.7 Å². The van der Waals surface area contributed by atoms with E-state index in [1.54, 1.807) is 0 Å². The van der Waals surface area contributed by atoms with E-state index in [0.29, 0.717) is 19.1 Å². The molecule has 0 aliphatic carbocycles. The summed E-state index contributed by atoms with van der Waals surface area (Å²) in [7, 11) is 0. The van der Waals surface area contributed by atoms with E-state index in [9.17, 15) is 4.79 Å². The molecule has 0 unspecified atom stereocenters. The summed E-state index contributed by atoms with van der Waals surface area (Å²) in [6, 6.07) is 7.55. The summed E-state index contributed by atoms with van der Waals surface area (Å²) >= 11 is 0. The maximum absolute atomic E-state index is 12.6. The van der Waals surface area contributed by atoms with E-state index in [0.717, 1.165) is 39.4 Å². The lowest BCUT2D eigenvalue weighted by atomic mass is 9.78. The third-order valence-corrected chi connectivity index (χ3v) is 6.75. The van der Waals surface area contributed by atoms with Crippen LogP contribution in [0.4, 0.5) is 10.5 Å². The molecule has 0 atom stereocenters. The molecule has 30 heavy (non-hydrogen) atoms. The van der Waals surface area contributed by atoms with E-state index in [1.165, 1.54) is 29.7 Å². The van der Waals surface area contributed by atoms with Gasteiger partial charge in [0.2, 0.25) is 0 Å². The van der Waals surface area contributed by atoms with Crippen LogP contribution in [0, 0.1) is 0 Å². The minimum absolute atomic E-state index is 0.0779. The normalized spacial score (nSPS) is 22.8. The third-order valence-electron chi connectivity index (χ3n) is 6.75. The fourth-order valence-corrected chi connectivity index (χ4v) is 5.23. The molecule has 1 amide bonds. The van der Waals surface area contributed by atoms with E-state index in [-0.39, 0.29) is 17.6 Å². The SMILES string of the molecule is CC(C)OC(=O)N1Cc2cc(N3CCC(N4CCOCC4)CC3)ccc2C(C)(C)C1. The quantitative estimate of drug-likeness (QED) is 0.754. The number of hydrogen-bond acceptors (Lipinski definition) is 5. The first kappa shape index (κ1) is 21.4. The number of anilines is 1. The summed E-state index contributed by atoms with van der Waals surface area (Å²) in [6.07, 6.45) is 2.10. The maximum atomic E-state index is 12.6. The number of carbonyl (C=O) groups excluding carboxylic acids is 1. The first-order valence-corrected chi connectivity index (χ1v) is 11.5. The number of rotatable bonds is 3. The lowest BCUT2D eigenvalue weighted by Gasteiger charge is -2.42. The minimum Gasteiger partial charge on any atom is -0.447 e. The Hall–Kier alpha value is -1.79. The minimum atomic E-state index is -0.208. The van der Waals surface area contributed by atoms with Crippen molar-refractivity contribution in [2.45, 2.75) is 64.6 Å².